The summed E-state index contributed by atoms with van der Waals surface area (Å²) in [4.78, 5) is 14.2. The van der Waals surface area contributed by atoms with Crippen molar-refractivity contribution in [1.29, 1.82) is 0 Å². The lowest BCUT2D eigenvalue weighted by molar-refractivity contribution is 0.0955. The third-order valence-electron chi connectivity index (χ3n) is 3.62. The highest BCUT2D eigenvalue weighted by molar-refractivity contribution is 6.33. The third kappa shape index (κ3) is 4.63. The van der Waals surface area contributed by atoms with Gasteiger partial charge < -0.3 is 15.0 Å². The number of nitrogens with one attached hydrogen (secondary N) is 1. The zero-order chi connectivity index (χ0) is 16.8. The maximum atomic E-state index is 12.1. The van der Waals surface area contributed by atoms with E-state index in [1.165, 1.54) is 0 Å². The molecule has 2 aromatic carbocycles. The van der Waals surface area contributed by atoms with E-state index < -0.39 is 0 Å². The van der Waals surface area contributed by atoms with Crippen LogP contribution < -0.4 is 15.0 Å². The van der Waals surface area contributed by atoms with Crippen LogP contribution in [0.2, 0.25) is 5.02 Å². The highest BCUT2D eigenvalue weighted by Gasteiger charge is 2.10. The van der Waals surface area contributed by atoms with Gasteiger partial charge in [-0.3, -0.25) is 4.79 Å². The van der Waals surface area contributed by atoms with Crippen LogP contribution in [0.5, 0.6) is 5.75 Å². The number of nitrogens with zero attached hydrogens (tertiary/aromatic N) is 1. The molecule has 0 fully saturated rings. The normalized spacial score (nSPS) is 10.3. The number of rotatable bonds is 6. The molecule has 4 nitrogen and oxygen atoms in total. The number of benzene rings is 2. The molecule has 1 amide bonds. The summed E-state index contributed by atoms with van der Waals surface area (Å²) in [6.45, 7) is 3.17. The van der Waals surface area contributed by atoms with Crippen LogP contribution in [0.15, 0.2) is 42.5 Å². The first-order valence-electron chi connectivity index (χ1n) is 7.41. The maximum absolute atomic E-state index is 12.1. The average Bonchev–Trinajstić information content (AvgIpc) is 2.54. The van der Waals surface area contributed by atoms with Crippen molar-refractivity contribution in [1.82, 2.24) is 5.32 Å². The summed E-state index contributed by atoms with van der Waals surface area (Å²) in [5.41, 5.74) is 2.60. The topological polar surface area (TPSA) is 41.6 Å². The number of hydrogen-bond acceptors (Lipinski definition) is 3. The molecule has 0 aliphatic carbocycles. The molecule has 2 rings (SSSR count). The van der Waals surface area contributed by atoms with Gasteiger partial charge in [-0.15, -0.1) is 0 Å². The summed E-state index contributed by atoms with van der Waals surface area (Å²) in [5, 5.41) is 3.37. The largest absolute Gasteiger partial charge is 0.497 e. The van der Waals surface area contributed by atoms with Crippen molar-refractivity contribution >= 4 is 23.2 Å². The molecule has 1 N–H and O–H groups in total. The van der Waals surface area contributed by atoms with Crippen LogP contribution in [0.1, 0.15) is 15.9 Å². The van der Waals surface area contributed by atoms with Crippen molar-refractivity contribution in [3.05, 3.63) is 58.6 Å². The second-order valence-electron chi connectivity index (χ2n) is 5.36. The Balaban J connectivity index is 1.87. The van der Waals surface area contributed by atoms with Crippen LogP contribution in [-0.2, 0) is 0 Å². The first-order chi connectivity index (χ1) is 11.0. The van der Waals surface area contributed by atoms with Crippen molar-refractivity contribution in [2.45, 2.75) is 6.92 Å². The zero-order valence-electron chi connectivity index (χ0n) is 13.6. The first-order valence-corrected chi connectivity index (χ1v) is 7.78. The number of carbonyl (C=O) groups excluding carboxylic acids is 1. The number of carbonyl (C=O) groups is 1. The molecule has 0 saturated carbocycles. The summed E-state index contributed by atoms with van der Waals surface area (Å²) in [6.07, 6.45) is 0. The van der Waals surface area contributed by atoms with Crippen molar-refractivity contribution in [2.75, 3.05) is 32.1 Å². The van der Waals surface area contributed by atoms with Gasteiger partial charge in [0.25, 0.3) is 5.91 Å². The lowest BCUT2D eigenvalue weighted by Crippen LogP contribution is -2.33. The summed E-state index contributed by atoms with van der Waals surface area (Å²) in [5.74, 6) is 0.669. The molecule has 0 atom stereocenters. The van der Waals surface area contributed by atoms with Gasteiger partial charge >= 0.3 is 0 Å². The molecule has 0 heterocycles. The quantitative estimate of drug-likeness (QED) is 0.880. The molecular weight excluding hydrogens is 312 g/mol. The lowest BCUT2D eigenvalue weighted by Gasteiger charge is -2.20. The van der Waals surface area contributed by atoms with E-state index in [-0.39, 0.29) is 5.91 Å². The minimum Gasteiger partial charge on any atom is -0.497 e. The van der Waals surface area contributed by atoms with E-state index in [0.717, 1.165) is 17.0 Å². The number of ether oxygens (including phenoxy) is 1. The van der Waals surface area contributed by atoms with Gasteiger partial charge in [0.1, 0.15) is 5.75 Å². The lowest BCUT2D eigenvalue weighted by atomic mass is 10.1. The molecule has 0 aliphatic heterocycles. The Morgan fingerprint density at radius 1 is 1.22 bits per heavy atom. The van der Waals surface area contributed by atoms with Crippen LogP contribution in [-0.4, -0.2) is 33.2 Å². The Morgan fingerprint density at radius 3 is 2.52 bits per heavy atom. The molecule has 0 aromatic heterocycles. The third-order valence-corrected chi connectivity index (χ3v) is 3.93. The molecule has 0 aliphatic rings. The predicted octanol–water partition coefficient (Wildman–Crippen LogP) is 3.52. The van der Waals surface area contributed by atoms with Crippen molar-refractivity contribution in [3.63, 3.8) is 0 Å². The summed E-state index contributed by atoms with van der Waals surface area (Å²) in [7, 11) is 3.62. The van der Waals surface area contributed by atoms with Crippen LogP contribution in [0.4, 0.5) is 5.69 Å². The van der Waals surface area contributed by atoms with Crippen molar-refractivity contribution in [3.8, 4) is 5.75 Å². The van der Waals surface area contributed by atoms with E-state index in [4.69, 9.17) is 16.3 Å². The van der Waals surface area contributed by atoms with E-state index in [2.05, 4.69) is 10.2 Å². The molecule has 0 bridgehead atoms. The highest BCUT2D eigenvalue weighted by atomic mass is 35.5. The number of methoxy groups -OCH3 is 1. The fourth-order valence-corrected chi connectivity index (χ4v) is 2.52. The molecule has 23 heavy (non-hydrogen) atoms. The smallest absolute Gasteiger partial charge is 0.252 e. The molecule has 5 heteroatoms. The van der Waals surface area contributed by atoms with Crippen molar-refractivity contribution < 1.29 is 9.53 Å². The average molecular weight is 333 g/mol. The Hall–Kier alpha value is -2.20. The van der Waals surface area contributed by atoms with Gasteiger partial charge in [0.15, 0.2) is 0 Å². The highest BCUT2D eigenvalue weighted by Crippen LogP contribution is 2.18. The summed E-state index contributed by atoms with van der Waals surface area (Å²) >= 11 is 6.11. The predicted molar refractivity (Wildman–Crippen MR) is 94.8 cm³/mol. The molecule has 0 unspecified atom stereocenters. The standard InChI is InChI=1S/C18H21ClN2O2/c1-13-4-9-16(17(19)12-13)18(22)20-10-11-21(2)14-5-7-15(23-3)8-6-14/h4-9,12H,10-11H2,1-3H3,(H,20,22). The Labute approximate surface area is 142 Å². The number of anilines is 1. The van der Waals surface area contributed by atoms with E-state index in [0.29, 0.717) is 23.7 Å². The van der Waals surface area contributed by atoms with Gasteiger partial charge in [-0.05, 0) is 48.9 Å². The fourth-order valence-electron chi connectivity index (χ4n) is 2.20. The number of hydrogen-bond donors (Lipinski definition) is 1. The SMILES string of the molecule is COc1ccc(N(C)CCNC(=O)c2ccc(C)cc2Cl)cc1. The first kappa shape index (κ1) is 17.2. The van der Waals surface area contributed by atoms with Crippen LogP contribution in [0, 0.1) is 6.92 Å². The van der Waals surface area contributed by atoms with Gasteiger partial charge in [0, 0.05) is 25.8 Å². The zero-order valence-corrected chi connectivity index (χ0v) is 14.4. The van der Waals surface area contributed by atoms with Gasteiger partial charge in [-0.1, -0.05) is 17.7 Å². The molecule has 0 radical (unpaired) electrons. The fraction of sp³-hybridized carbons (Fsp3) is 0.278. The van der Waals surface area contributed by atoms with Gasteiger partial charge in [0.05, 0.1) is 17.7 Å². The molecule has 122 valence electrons. The van der Waals surface area contributed by atoms with Gasteiger partial charge in [-0.25, -0.2) is 0 Å². The second kappa shape index (κ2) is 7.88. The number of likely N-dealkylation sites (N-methyl/N-ethyl adjacent to an activating group) is 1. The molecule has 2 aromatic rings. The Bertz CT molecular complexity index is 671. The van der Waals surface area contributed by atoms with E-state index >= 15 is 0 Å². The summed E-state index contributed by atoms with van der Waals surface area (Å²) in [6, 6.07) is 13.2. The van der Waals surface area contributed by atoms with Gasteiger partial charge in [0.2, 0.25) is 0 Å². The molecule has 0 spiro atoms. The maximum Gasteiger partial charge on any atom is 0.252 e. The van der Waals surface area contributed by atoms with E-state index in [9.17, 15) is 4.79 Å². The minimum absolute atomic E-state index is 0.155. The monoisotopic (exact) mass is 332 g/mol. The Kier molecular flexibility index (Phi) is 5.88. The number of halogens is 1. The molecule has 0 saturated heterocycles. The van der Waals surface area contributed by atoms with Crippen LogP contribution in [0.3, 0.4) is 0 Å². The van der Waals surface area contributed by atoms with Crippen LogP contribution in [0.25, 0.3) is 0 Å². The van der Waals surface area contributed by atoms with E-state index in [1.54, 1.807) is 19.2 Å². The van der Waals surface area contributed by atoms with Gasteiger partial charge in [-0.2, -0.15) is 0 Å². The number of amides is 1. The Morgan fingerprint density at radius 2 is 1.91 bits per heavy atom. The van der Waals surface area contributed by atoms with Crippen molar-refractivity contribution in [2.24, 2.45) is 0 Å². The summed E-state index contributed by atoms with van der Waals surface area (Å²) < 4.78 is 5.14. The van der Waals surface area contributed by atoms with E-state index in [1.807, 2.05) is 44.3 Å². The number of aryl methyl sites for hydroxylation is 1. The molecular formula is C18H21ClN2O2. The minimum atomic E-state index is -0.155. The van der Waals surface area contributed by atoms with Crippen LogP contribution >= 0.6 is 11.6 Å². The second-order valence-corrected chi connectivity index (χ2v) is 5.77.